The van der Waals surface area contributed by atoms with Crippen molar-refractivity contribution in [2.24, 2.45) is 0 Å². The van der Waals surface area contributed by atoms with Crippen LogP contribution in [0.2, 0.25) is 0 Å². The lowest BCUT2D eigenvalue weighted by Gasteiger charge is -2.06. The van der Waals surface area contributed by atoms with Crippen molar-refractivity contribution in [2.45, 2.75) is 0 Å². The second kappa shape index (κ2) is 5.30. The molecule has 2 rings (SSSR count). The third-order valence-corrected chi connectivity index (χ3v) is 2.47. The number of rotatable bonds is 3. The van der Waals surface area contributed by atoms with Crippen LogP contribution in [0.5, 0.6) is 0 Å². The Balaban J connectivity index is 2.40. The van der Waals surface area contributed by atoms with Gasteiger partial charge in [-0.1, -0.05) is 48.5 Å². The number of hydrogen-bond donors (Lipinski definition) is 0. The predicted molar refractivity (Wildman–Crippen MR) is 67.7 cm³/mol. The molecular formula is C15H13FO. The van der Waals surface area contributed by atoms with Crippen LogP contribution in [0.4, 0.5) is 4.39 Å². The molecule has 2 aromatic rings. The average molecular weight is 228 g/mol. The van der Waals surface area contributed by atoms with Crippen LogP contribution in [0, 0.1) is 5.82 Å². The Morgan fingerprint density at radius 1 is 1.00 bits per heavy atom. The van der Waals surface area contributed by atoms with Crippen molar-refractivity contribution in [1.82, 2.24) is 0 Å². The number of hydrogen-bond acceptors (Lipinski definition) is 1. The number of halogens is 1. The molecule has 0 heterocycles. The Morgan fingerprint density at radius 3 is 2.29 bits per heavy atom. The molecule has 2 heteroatoms. The van der Waals surface area contributed by atoms with Crippen molar-refractivity contribution in [3.63, 3.8) is 0 Å². The summed E-state index contributed by atoms with van der Waals surface area (Å²) in [5.41, 5.74) is 1.45. The molecule has 0 saturated heterocycles. The first kappa shape index (κ1) is 11.4. The number of benzene rings is 2. The third-order valence-electron chi connectivity index (χ3n) is 2.47. The normalized spacial score (nSPS) is 11.3. The largest absolute Gasteiger partial charge is 0.496 e. The first-order valence-corrected chi connectivity index (χ1v) is 5.37. The Bertz CT molecular complexity index is 517. The maximum Gasteiger partial charge on any atom is 0.130 e. The molecule has 0 aliphatic heterocycles. The summed E-state index contributed by atoms with van der Waals surface area (Å²) >= 11 is 0. The van der Waals surface area contributed by atoms with Crippen LogP contribution < -0.4 is 0 Å². The van der Waals surface area contributed by atoms with E-state index in [-0.39, 0.29) is 5.82 Å². The monoisotopic (exact) mass is 228 g/mol. The summed E-state index contributed by atoms with van der Waals surface area (Å²) in [7, 11) is 1.58. The van der Waals surface area contributed by atoms with Gasteiger partial charge in [-0.3, -0.25) is 0 Å². The van der Waals surface area contributed by atoms with Crippen molar-refractivity contribution in [3.05, 3.63) is 71.5 Å². The van der Waals surface area contributed by atoms with Gasteiger partial charge in [0.15, 0.2) is 0 Å². The molecule has 0 radical (unpaired) electrons. The molecule has 0 saturated carbocycles. The molecule has 17 heavy (non-hydrogen) atoms. The fourth-order valence-electron chi connectivity index (χ4n) is 1.60. The molecule has 86 valence electrons. The lowest BCUT2D eigenvalue weighted by molar-refractivity contribution is 0.372. The first-order chi connectivity index (χ1) is 8.31. The van der Waals surface area contributed by atoms with Crippen molar-refractivity contribution < 1.29 is 9.13 Å². The maximum atomic E-state index is 13.5. The molecule has 0 unspecified atom stereocenters. The van der Waals surface area contributed by atoms with Crippen LogP contribution in [0.15, 0.2) is 54.6 Å². The van der Waals surface area contributed by atoms with Crippen LogP contribution in [0.3, 0.4) is 0 Å². The molecule has 0 fully saturated rings. The zero-order valence-electron chi connectivity index (χ0n) is 9.56. The van der Waals surface area contributed by atoms with Gasteiger partial charge in [-0.25, -0.2) is 4.39 Å². The van der Waals surface area contributed by atoms with Gasteiger partial charge >= 0.3 is 0 Å². The van der Waals surface area contributed by atoms with Crippen molar-refractivity contribution in [1.29, 1.82) is 0 Å². The highest BCUT2D eigenvalue weighted by Crippen LogP contribution is 2.19. The Kier molecular flexibility index (Phi) is 3.55. The standard InChI is InChI=1S/C15H13FO/c1-17-15(12-7-3-2-4-8-12)11-13-9-5-6-10-14(13)16/h2-11H,1H3/b15-11+. The van der Waals surface area contributed by atoms with Crippen molar-refractivity contribution in [2.75, 3.05) is 7.11 Å². The van der Waals surface area contributed by atoms with Crippen LogP contribution in [0.25, 0.3) is 11.8 Å². The smallest absolute Gasteiger partial charge is 0.130 e. The van der Waals surface area contributed by atoms with E-state index >= 15 is 0 Å². The van der Waals surface area contributed by atoms with Crippen LogP contribution in [-0.2, 0) is 4.74 Å². The Morgan fingerprint density at radius 2 is 1.65 bits per heavy atom. The lowest BCUT2D eigenvalue weighted by atomic mass is 10.1. The highest BCUT2D eigenvalue weighted by Gasteiger charge is 2.03. The van der Waals surface area contributed by atoms with E-state index in [0.29, 0.717) is 11.3 Å². The summed E-state index contributed by atoms with van der Waals surface area (Å²) in [5, 5.41) is 0. The summed E-state index contributed by atoms with van der Waals surface area (Å²) in [6.07, 6.45) is 1.70. The fraction of sp³-hybridized carbons (Fsp3) is 0.0667. The van der Waals surface area contributed by atoms with Gasteiger partial charge in [0.05, 0.1) is 7.11 Å². The van der Waals surface area contributed by atoms with Crippen LogP contribution in [0.1, 0.15) is 11.1 Å². The second-order valence-corrected chi connectivity index (χ2v) is 3.60. The molecule has 0 aliphatic rings. The van der Waals surface area contributed by atoms with Crippen molar-refractivity contribution in [3.8, 4) is 0 Å². The third kappa shape index (κ3) is 2.72. The van der Waals surface area contributed by atoms with Crippen LogP contribution >= 0.6 is 0 Å². The van der Waals surface area contributed by atoms with E-state index in [0.717, 1.165) is 5.56 Å². The van der Waals surface area contributed by atoms with E-state index in [9.17, 15) is 4.39 Å². The zero-order valence-corrected chi connectivity index (χ0v) is 9.56. The summed E-state index contributed by atoms with van der Waals surface area (Å²) in [6.45, 7) is 0. The van der Waals surface area contributed by atoms with Gasteiger partial charge in [-0.2, -0.15) is 0 Å². The van der Waals surface area contributed by atoms with Gasteiger partial charge in [0.1, 0.15) is 11.6 Å². The Hall–Kier alpha value is -2.09. The molecule has 1 nitrogen and oxygen atoms in total. The molecule has 0 bridgehead atoms. The highest BCUT2D eigenvalue weighted by atomic mass is 19.1. The SMILES string of the molecule is CO/C(=C/c1ccccc1F)c1ccccc1. The quantitative estimate of drug-likeness (QED) is 0.570. The average Bonchev–Trinajstić information content (AvgIpc) is 2.39. The second-order valence-electron chi connectivity index (χ2n) is 3.60. The van der Waals surface area contributed by atoms with E-state index in [1.165, 1.54) is 6.07 Å². The van der Waals surface area contributed by atoms with E-state index in [1.807, 2.05) is 30.3 Å². The van der Waals surface area contributed by atoms with Gasteiger partial charge in [0.25, 0.3) is 0 Å². The molecular weight excluding hydrogens is 215 g/mol. The lowest BCUT2D eigenvalue weighted by Crippen LogP contribution is -1.88. The predicted octanol–water partition coefficient (Wildman–Crippen LogP) is 3.97. The molecule has 0 aliphatic carbocycles. The minimum Gasteiger partial charge on any atom is -0.496 e. The van der Waals surface area contributed by atoms with E-state index in [1.54, 1.807) is 31.4 Å². The maximum absolute atomic E-state index is 13.5. The van der Waals surface area contributed by atoms with Gasteiger partial charge in [0.2, 0.25) is 0 Å². The van der Waals surface area contributed by atoms with Crippen LogP contribution in [-0.4, -0.2) is 7.11 Å². The number of ether oxygens (including phenoxy) is 1. The molecule has 2 aromatic carbocycles. The van der Waals surface area contributed by atoms with Crippen molar-refractivity contribution >= 4 is 11.8 Å². The summed E-state index contributed by atoms with van der Waals surface area (Å²) < 4.78 is 18.8. The molecule has 0 atom stereocenters. The zero-order chi connectivity index (χ0) is 12.1. The topological polar surface area (TPSA) is 9.23 Å². The van der Waals surface area contributed by atoms with E-state index in [2.05, 4.69) is 0 Å². The number of methoxy groups -OCH3 is 1. The minimum atomic E-state index is -0.252. The van der Waals surface area contributed by atoms with Gasteiger partial charge in [-0.05, 0) is 12.1 Å². The van der Waals surface area contributed by atoms with E-state index in [4.69, 9.17) is 4.74 Å². The molecule has 0 N–H and O–H groups in total. The first-order valence-electron chi connectivity index (χ1n) is 5.37. The van der Waals surface area contributed by atoms with Gasteiger partial charge in [-0.15, -0.1) is 0 Å². The Labute approximate surface area is 100 Å². The highest BCUT2D eigenvalue weighted by molar-refractivity contribution is 5.77. The van der Waals surface area contributed by atoms with Gasteiger partial charge < -0.3 is 4.74 Å². The summed E-state index contributed by atoms with van der Waals surface area (Å²) in [5.74, 6) is 0.397. The minimum absolute atomic E-state index is 0.252. The summed E-state index contributed by atoms with van der Waals surface area (Å²) in [6, 6.07) is 16.2. The molecule has 0 spiro atoms. The molecule has 0 aromatic heterocycles. The van der Waals surface area contributed by atoms with Gasteiger partial charge in [0, 0.05) is 11.1 Å². The van der Waals surface area contributed by atoms with E-state index < -0.39 is 0 Å². The fourth-order valence-corrected chi connectivity index (χ4v) is 1.60. The molecule has 0 amide bonds. The summed E-state index contributed by atoms with van der Waals surface area (Å²) in [4.78, 5) is 0.